The maximum atomic E-state index is 11.6. The monoisotopic (exact) mass is 438 g/mol. The van der Waals surface area contributed by atoms with E-state index in [1.807, 2.05) is 0 Å². The number of nitrogens with zero attached hydrogens (tertiary/aromatic N) is 2. The van der Waals surface area contributed by atoms with E-state index in [0.29, 0.717) is 6.54 Å². The van der Waals surface area contributed by atoms with Gasteiger partial charge in [0.25, 0.3) is 0 Å². The normalized spacial score (nSPS) is 12.7. The molecule has 1 aromatic heterocycles. The number of halogens is 1. The van der Waals surface area contributed by atoms with Gasteiger partial charge >= 0.3 is 5.97 Å². The number of carbonyl (C=O) groups is 1. The molecule has 0 amide bonds. The average Bonchev–Trinajstić information content (AvgIpc) is 2.98. The SMILES string of the molecule is CCN(CC)CC(Cn1c2ccccc2c2ccccc21)OC(C)=O.[O-][Cl+3]([O-])([O-])O. The summed E-state index contributed by atoms with van der Waals surface area (Å²) in [5.41, 5.74) is 2.36. The highest BCUT2D eigenvalue weighted by molar-refractivity contribution is 6.07. The van der Waals surface area contributed by atoms with Crippen molar-refractivity contribution in [2.45, 2.75) is 33.4 Å². The molecule has 0 saturated heterocycles. The Labute approximate surface area is 177 Å². The lowest BCUT2D eigenvalue weighted by Crippen LogP contribution is -2.58. The van der Waals surface area contributed by atoms with Crippen LogP contribution in [0, 0.1) is 10.2 Å². The maximum absolute atomic E-state index is 11.6. The minimum atomic E-state index is -4.69. The van der Waals surface area contributed by atoms with E-state index < -0.39 is 10.2 Å². The minimum Gasteiger partial charge on any atom is -0.459 e. The second kappa shape index (κ2) is 10.7. The van der Waals surface area contributed by atoms with E-state index in [0.717, 1.165) is 19.6 Å². The van der Waals surface area contributed by atoms with E-state index in [4.69, 9.17) is 23.4 Å². The number of carbonyl (C=O) groups excluding carboxylic acids is 1. The Morgan fingerprint density at radius 2 is 1.47 bits per heavy atom. The van der Waals surface area contributed by atoms with Crippen molar-refractivity contribution in [3.05, 3.63) is 48.5 Å². The standard InChI is InChI=1S/C21H26N2O2.ClHO4/c1-4-22(5-2)14-17(25-16(3)24)15-23-20-12-8-6-10-18(20)19-11-7-9-13-21(19)23;2-1(3,4)5/h6-13,17H,4-5,14-15H2,1-3H3;(H,2,3,4,5). The lowest BCUT2D eigenvalue weighted by molar-refractivity contribution is -1.92. The van der Waals surface area contributed by atoms with Gasteiger partial charge in [-0.2, -0.15) is 14.0 Å². The van der Waals surface area contributed by atoms with Crippen LogP contribution < -0.4 is 14.0 Å². The van der Waals surface area contributed by atoms with Crippen molar-refractivity contribution < 1.29 is 38.4 Å². The summed E-state index contributed by atoms with van der Waals surface area (Å²) >= 11 is 0. The number of para-hydroxylation sites is 2. The zero-order chi connectivity index (χ0) is 22.3. The Hall–Kier alpha value is -2.20. The highest BCUT2D eigenvalue weighted by atomic mass is 35.7. The summed E-state index contributed by atoms with van der Waals surface area (Å²) in [5, 5.41) is 2.48. The molecule has 0 spiro atoms. The summed E-state index contributed by atoms with van der Waals surface area (Å²) in [6.07, 6.45) is -0.170. The van der Waals surface area contributed by atoms with Gasteiger partial charge in [-0.15, -0.1) is 0 Å². The van der Waals surface area contributed by atoms with Gasteiger partial charge in [0.1, 0.15) is 6.10 Å². The summed E-state index contributed by atoms with van der Waals surface area (Å²) in [7, 11) is -4.69. The lowest BCUT2D eigenvalue weighted by Gasteiger charge is -2.26. The molecule has 3 rings (SSSR count). The van der Waals surface area contributed by atoms with E-state index in [1.165, 1.54) is 28.7 Å². The van der Waals surface area contributed by atoms with Crippen molar-refractivity contribution in [2.24, 2.45) is 0 Å². The molecular formula is C21H27ClN2O6. The largest absolute Gasteiger partial charge is 0.459 e. The molecule has 164 valence electrons. The van der Waals surface area contributed by atoms with Crippen molar-refractivity contribution in [2.75, 3.05) is 19.6 Å². The van der Waals surface area contributed by atoms with Crippen molar-refractivity contribution in [1.82, 2.24) is 9.47 Å². The smallest absolute Gasteiger partial charge is 0.303 e. The molecule has 0 saturated carbocycles. The van der Waals surface area contributed by atoms with Gasteiger partial charge < -0.3 is 14.2 Å². The van der Waals surface area contributed by atoms with Gasteiger partial charge in [-0.05, 0) is 25.2 Å². The molecule has 0 aliphatic carbocycles. The van der Waals surface area contributed by atoms with Crippen LogP contribution in [0.15, 0.2) is 48.5 Å². The molecule has 0 aliphatic rings. The number of rotatable bonds is 7. The number of esters is 1. The van der Waals surface area contributed by atoms with Gasteiger partial charge in [-0.3, -0.25) is 4.79 Å². The molecule has 2 aromatic carbocycles. The minimum absolute atomic E-state index is 0.170. The molecule has 1 heterocycles. The zero-order valence-corrected chi connectivity index (χ0v) is 18.0. The third-order valence-electron chi connectivity index (χ3n) is 4.75. The Kier molecular flexibility index (Phi) is 8.60. The molecule has 0 aliphatic heterocycles. The van der Waals surface area contributed by atoms with Crippen LogP contribution in [0.2, 0.25) is 0 Å². The second-order valence-electron chi connectivity index (χ2n) is 6.76. The molecule has 3 aromatic rings. The summed E-state index contributed by atoms with van der Waals surface area (Å²) in [4.78, 5) is 13.9. The van der Waals surface area contributed by atoms with E-state index in [9.17, 15) is 4.79 Å². The van der Waals surface area contributed by atoms with Crippen LogP contribution in [0.4, 0.5) is 0 Å². The Morgan fingerprint density at radius 1 is 1.03 bits per heavy atom. The first-order valence-corrected chi connectivity index (χ1v) is 10.9. The average molecular weight is 439 g/mol. The van der Waals surface area contributed by atoms with Crippen molar-refractivity contribution in [3.63, 3.8) is 0 Å². The number of aromatic nitrogens is 1. The third kappa shape index (κ3) is 6.94. The molecule has 9 heteroatoms. The summed E-state index contributed by atoms with van der Waals surface area (Å²) in [6.45, 7) is 9.05. The molecule has 1 N–H and O–H groups in total. The van der Waals surface area contributed by atoms with Crippen LogP contribution in [-0.2, 0) is 16.1 Å². The molecule has 1 atom stereocenters. The molecular weight excluding hydrogens is 412 g/mol. The van der Waals surface area contributed by atoms with Gasteiger partial charge in [-0.25, -0.2) is 0 Å². The molecule has 30 heavy (non-hydrogen) atoms. The number of benzene rings is 2. The fraction of sp³-hybridized carbons (Fsp3) is 0.381. The van der Waals surface area contributed by atoms with Crippen molar-refractivity contribution in [3.8, 4) is 0 Å². The molecule has 0 fully saturated rings. The van der Waals surface area contributed by atoms with Crippen LogP contribution in [0.1, 0.15) is 20.8 Å². The van der Waals surface area contributed by atoms with Gasteiger partial charge in [0.2, 0.25) is 0 Å². The number of hydrogen-bond acceptors (Lipinski definition) is 7. The molecule has 0 radical (unpaired) electrons. The molecule has 1 unspecified atom stereocenters. The molecule has 8 nitrogen and oxygen atoms in total. The topological polar surface area (TPSA) is 124 Å². The number of ether oxygens (including phenoxy) is 1. The Morgan fingerprint density at radius 3 is 1.87 bits per heavy atom. The molecule has 0 bridgehead atoms. The highest BCUT2D eigenvalue weighted by Gasteiger charge is 2.19. The van der Waals surface area contributed by atoms with Crippen LogP contribution in [0.5, 0.6) is 0 Å². The summed E-state index contributed by atoms with van der Waals surface area (Å²) in [6, 6.07) is 16.8. The lowest BCUT2D eigenvalue weighted by atomic mass is 10.2. The Bertz CT molecular complexity index is 906. The van der Waals surface area contributed by atoms with Gasteiger partial charge in [-0.1, -0.05) is 50.2 Å². The third-order valence-corrected chi connectivity index (χ3v) is 4.75. The van der Waals surface area contributed by atoms with Crippen LogP contribution >= 0.6 is 0 Å². The first kappa shape index (κ1) is 24.1. The number of hydrogen-bond donors (Lipinski definition) is 1. The van der Waals surface area contributed by atoms with E-state index >= 15 is 0 Å². The quantitative estimate of drug-likeness (QED) is 0.512. The van der Waals surface area contributed by atoms with Gasteiger partial charge in [0.15, 0.2) is 0 Å². The predicted octanol–water partition coefficient (Wildman–Crippen LogP) is -0.0560. The van der Waals surface area contributed by atoms with Crippen molar-refractivity contribution in [1.29, 1.82) is 0 Å². The van der Waals surface area contributed by atoms with Crippen LogP contribution in [-0.4, -0.2) is 45.8 Å². The predicted molar refractivity (Wildman–Crippen MR) is 105 cm³/mol. The highest BCUT2D eigenvalue weighted by Crippen LogP contribution is 2.29. The fourth-order valence-corrected chi connectivity index (χ4v) is 3.54. The van der Waals surface area contributed by atoms with E-state index in [2.05, 4.69) is 71.8 Å². The van der Waals surface area contributed by atoms with Crippen molar-refractivity contribution >= 4 is 27.8 Å². The fourth-order valence-electron chi connectivity index (χ4n) is 3.54. The zero-order valence-electron chi connectivity index (χ0n) is 17.3. The Balaban J connectivity index is 0.000000575. The summed E-state index contributed by atoms with van der Waals surface area (Å²) in [5.74, 6) is -0.224. The maximum Gasteiger partial charge on any atom is 0.303 e. The second-order valence-corrected chi connectivity index (χ2v) is 7.55. The van der Waals surface area contributed by atoms with Crippen LogP contribution in [0.25, 0.3) is 21.8 Å². The summed E-state index contributed by atoms with van der Waals surface area (Å²) < 4.78 is 40.7. The van der Waals surface area contributed by atoms with Crippen LogP contribution in [0.3, 0.4) is 0 Å². The first-order valence-electron chi connectivity index (χ1n) is 9.62. The number of fused-ring (bicyclic) bond motifs is 3. The first-order chi connectivity index (χ1) is 14.1. The van der Waals surface area contributed by atoms with Gasteiger partial charge in [0.05, 0.1) is 21.4 Å². The van der Waals surface area contributed by atoms with E-state index in [-0.39, 0.29) is 12.1 Å². The van der Waals surface area contributed by atoms with Gasteiger partial charge in [0, 0.05) is 35.3 Å². The van der Waals surface area contributed by atoms with E-state index in [1.54, 1.807) is 0 Å². The number of likely N-dealkylation sites (N-methyl/N-ethyl adjacent to an activating group) is 1.